The Bertz CT molecular complexity index is 1320. The molecule has 0 radical (unpaired) electrons. The summed E-state index contributed by atoms with van der Waals surface area (Å²) in [7, 11) is 0. The number of hydrogen-bond donors (Lipinski definition) is 0. The van der Waals surface area contributed by atoms with Crippen molar-refractivity contribution in [1.29, 1.82) is 0 Å². The van der Waals surface area contributed by atoms with Crippen molar-refractivity contribution in [2.75, 3.05) is 18.1 Å². The normalized spacial score (nSPS) is 14.8. The Morgan fingerprint density at radius 1 is 1.06 bits per heavy atom. The Hall–Kier alpha value is -3.89. The van der Waals surface area contributed by atoms with Gasteiger partial charge in [0, 0.05) is 17.1 Å². The summed E-state index contributed by atoms with van der Waals surface area (Å²) in [6.07, 6.45) is 0.503. The zero-order valence-corrected chi connectivity index (χ0v) is 20.1. The number of carbonyl (C=O) groups excluding carboxylic acids is 2. The molecule has 35 heavy (non-hydrogen) atoms. The van der Waals surface area contributed by atoms with Crippen molar-refractivity contribution in [2.24, 2.45) is 0 Å². The third-order valence-electron chi connectivity index (χ3n) is 5.97. The molecule has 0 aromatic heterocycles. The SMILES string of the molecule is [C-]#[N+]c1ccc(N2C(=O)N(CCCOc3ccc(-c4ccccc4F)cc3)C(C)(C)C2=O)cc1Cl. The van der Waals surface area contributed by atoms with Crippen LogP contribution in [0.25, 0.3) is 16.0 Å². The lowest BCUT2D eigenvalue weighted by Crippen LogP contribution is -2.44. The Kier molecular flexibility index (Phi) is 6.77. The van der Waals surface area contributed by atoms with Gasteiger partial charge in [-0.15, -0.1) is 0 Å². The largest absolute Gasteiger partial charge is 0.494 e. The quantitative estimate of drug-likeness (QED) is 0.209. The lowest BCUT2D eigenvalue weighted by Gasteiger charge is -2.27. The van der Waals surface area contributed by atoms with Crippen LogP contribution in [0.4, 0.5) is 20.6 Å². The van der Waals surface area contributed by atoms with Crippen molar-refractivity contribution >= 4 is 34.9 Å². The fourth-order valence-corrected chi connectivity index (χ4v) is 4.22. The van der Waals surface area contributed by atoms with Crippen molar-refractivity contribution in [2.45, 2.75) is 25.8 Å². The summed E-state index contributed by atoms with van der Waals surface area (Å²) in [6, 6.07) is 17.8. The molecule has 3 amide bonds. The molecule has 0 spiro atoms. The maximum absolute atomic E-state index is 14.0. The smallest absolute Gasteiger partial charge is 0.332 e. The van der Waals surface area contributed by atoms with E-state index in [1.165, 1.54) is 23.1 Å². The number of hydrogen-bond acceptors (Lipinski definition) is 3. The van der Waals surface area contributed by atoms with Crippen molar-refractivity contribution in [3.8, 4) is 16.9 Å². The first-order chi connectivity index (χ1) is 16.7. The number of anilines is 1. The zero-order chi connectivity index (χ0) is 25.2. The minimum Gasteiger partial charge on any atom is -0.494 e. The van der Waals surface area contributed by atoms with E-state index in [9.17, 15) is 14.0 Å². The number of benzene rings is 3. The van der Waals surface area contributed by atoms with Gasteiger partial charge in [-0.05, 0) is 56.2 Å². The number of halogens is 2. The summed E-state index contributed by atoms with van der Waals surface area (Å²) in [6.45, 7) is 11.2. The number of ether oxygens (including phenoxy) is 1. The molecule has 0 bridgehead atoms. The number of imide groups is 1. The summed E-state index contributed by atoms with van der Waals surface area (Å²) < 4.78 is 19.8. The van der Waals surface area contributed by atoms with E-state index < -0.39 is 11.6 Å². The lowest BCUT2D eigenvalue weighted by molar-refractivity contribution is -0.123. The van der Waals surface area contributed by atoms with Gasteiger partial charge in [0.05, 0.1) is 18.9 Å². The minimum atomic E-state index is -1.04. The van der Waals surface area contributed by atoms with Gasteiger partial charge < -0.3 is 9.64 Å². The van der Waals surface area contributed by atoms with Crippen LogP contribution in [0.1, 0.15) is 20.3 Å². The van der Waals surface area contributed by atoms with Crippen LogP contribution in [0, 0.1) is 12.4 Å². The van der Waals surface area contributed by atoms with E-state index in [0.717, 1.165) is 10.5 Å². The predicted octanol–water partition coefficient (Wildman–Crippen LogP) is 6.71. The Morgan fingerprint density at radius 3 is 2.43 bits per heavy atom. The van der Waals surface area contributed by atoms with Crippen LogP contribution in [-0.2, 0) is 4.79 Å². The third kappa shape index (κ3) is 4.71. The third-order valence-corrected chi connectivity index (χ3v) is 6.27. The van der Waals surface area contributed by atoms with Crippen molar-refractivity contribution in [3.63, 3.8) is 0 Å². The van der Waals surface area contributed by atoms with Gasteiger partial charge in [0.2, 0.25) is 5.69 Å². The number of nitrogens with zero attached hydrogens (tertiary/aromatic N) is 3. The first-order valence-electron chi connectivity index (χ1n) is 11.0. The van der Waals surface area contributed by atoms with Gasteiger partial charge in [0.25, 0.3) is 5.91 Å². The van der Waals surface area contributed by atoms with Gasteiger partial charge in [0.15, 0.2) is 0 Å². The van der Waals surface area contributed by atoms with E-state index >= 15 is 0 Å². The molecule has 3 aromatic carbocycles. The highest BCUT2D eigenvalue weighted by atomic mass is 35.5. The average molecular weight is 492 g/mol. The second-order valence-corrected chi connectivity index (χ2v) is 8.99. The molecule has 0 unspecified atom stereocenters. The molecule has 1 aliphatic rings. The first-order valence-corrected chi connectivity index (χ1v) is 11.4. The molecule has 1 aliphatic heterocycles. The van der Waals surface area contributed by atoms with Gasteiger partial charge in [-0.3, -0.25) is 4.79 Å². The number of rotatable bonds is 7. The summed E-state index contributed by atoms with van der Waals surface area (Å²) in [5.41, 5.74) is 0.823. The molecule has 0 N–H and O–H groups in total. The fourth-order valence-electron chi connectivity index (χ4n) is 4.00. The Balaban J connectivity index is 1.37. The van der Waals surface area contributed by atoms with E-state index in [0.29, 0.717) is 36.6 Å². The Labute approximate surface area is 208 Å². The molecule has 8 heteroatoms. The summed E-state index contributed by atoms with van der Waals surface area (Å²) in [5.74, 6) is -0.0182. The second-order valence-electron chi connectivity index (χ2n) is 8.59. The highest BCUT2D eigenvalue weighted by molar-refractivity contribution is 6.34. The van der Waals surface area contributed by atoms with Crippen LogP contribution in [0.3, 0.4) is 0 Å². The molecule has 1 saturated heterocycles. The van der Waals surface area contributed by atoms with E-state index in [-0.39, 0.29) is 22.4 Å². The monoisotopic (exact) mass is 491 g/mol. The van der Waals surface area contributed by atoms with Gasteiger partial charge >= 0.3 is 6.03 Å². The predicted molar refractivity (Wildman–Crippen MR) is 133 cm³/mol. The average Bonchev–Trinajstić information content (AvgIpc) is 3.01. The molecule has 1 fully saturated rings. The summed E-state index contributed by atoms with van der Waals surface area (Å²) in [4.78, 5) is 32.1. The first kappa shape index (κ1) is 24.2. The number of carbonyl (C=O) groups is 2. The van der Waals surface area contributed by atoms with Crippen LogP contribution < -0.4 is 9.64 Å². The van der Waals surface area contributed by atoms with Crippen LogP contribution in [0.15, 0.2) is 66.7 Å². The van der Waals surface area contributed by atoms with Gasteiger partial charge in [-0.2, -0.15) is 0 Å². The van der Waals surface area contributed by atoms with Crippen LogP contribution in [0.5, 0.6) is 5.75 Å². The molecule has 178 valence electrons. The van der Waals surface area contributed by atoms with Crippen LogP contribution in [-0.4, -0.2) is 35.5 Å². The van der Waals surface area contributed by atoms with E-state index in [1.807, 2.05) is 0 Å². The van der Waals surface area contributed by atoms with E-state index in [4.69, 9.17) is 22.9 Å². The van der Waals surface area contributed by atoms with E-state index in [2.05, 4.69) is 4.85 Å². The Morgan fingerprint density at radius 2 is 1.77 bits per heavy atom. The number of urea groups is 1. The molecule has 0 atom stereocenters. The van der Waals surface area contributed by atoms with Gasteiger partial charge in [-0.25, -0.2) is 18.9 Å². The molecule has 0 aliphatic carbocycles. The lowest BCUT2D eigenvalue weighted by atomic mass is 10.0. The highest BCUT2D eigenvalue weighted by Crippen LogP contribution is 2.36. The number of amides is 3. The van der Waals surface area contributed by atoms with Crippen molar-refractivity contribution in [1.82, 2.24) is 4.90 Å². The second kappa shape index (κ2) is 9.77. The van der Waals surface area contributed by atoms with Gasteiger partial charge in [0.1, 0.15) is 17.1 Å². The summed E-state index contributed by atoms with van der Waals surface area (Å²) >= 11 is 6.11. The van der Waals surface area contributed by atoms with Crippen molar-refractivity contribution in [3.05, 3.63) is 89.0 Å². The van der Waals surface area contributed by atoms with Crippen molar-refractivity contribution < 1.29 is 18.7 Å². The topological polar surface area (TPSA) is 54.2 Å². The summed E-state index contributed by atoms with van der Waals surface area (Å²) in [5, 5.41) is 0.184. The molecular weight excluding hydrogens is 469 g/mol. The van der Waals surface area contributed by atoms with Crippen LogP contribution >= 0.6 is 11.6 Å². The minimum absolute atomic E-state index is 0.184. The molecule has 3 aromatic rings. The van der Waals surface area contributed by atoms with E-state index in [1.54, 1.807) is 62.4 Å². The maximum atomic E-state index is 14.0. The molecule has 1 heterocycles. The fraction of sp³-hybridized carbons (Fsp3) is 0.222. The zero-order valence-electron chi connectivity index (χ0n) is 19.3. The standard InChI is InChI=1S/C27H23ClFN3O3/c1-27(2)25(33)32(19-11-14-24(30-3)22(28)17-19)26(34)31(27)15-6-16-35-20-12-9-18(10-13-20)21-7-4-5-8-23(21)29/h4-5,7-14,17H,6,15-16H2,1-2H3. The molecule has 6 nitrogen and oxygen atoms in total. The van der Waals surface area contributed by atoms with Crippen LogP contribution in [0.2, 0.25) is 5.02 Å². The highest BCUT2D eigenvalue weighted by Gasteiger charge is 2.51. The molecule has 0 saturated carbocycles. The van der Waals surface area contributed by atoms with Gasteiger partial charge in [-0.1, -0.05) is 48.0 Å². The maximum Gasteiger partial charge on any atom is 0.332 e. The molecule has 4 rings (SSSR count). The molecular formula is C27H23ClFN3O3.